The maximum Gasteiger partial charge on any atom is 0.0589 e. The zero-order valence-electron chi connectivity index (χ0n) is 12.7. The molecule has 0 aliphatic rings. The van der Waals surface area contributed by atoms with E-state index in [0.29, 0.717) is 12.1 Å². The van der Waals surface area contributed by atoms with E-state index in [4.69, 9.17) is 4.74 Å². The van der Waals surface area contributed by atoms with Gasteiger partial charge in [0.2, 0.25) is 0 Å². The smallest absolute Gasteiger partial charge is 0.0589 e. The van der Waals surface area contributed by atoms with Crippen LogP contribution in [0.15, 0.2) is 30.3 Å². The molecule has 3 nitrogen and oxygen atoms in total. The molecule has 0 radical (unpaired) electrons. The third-order valence-corrected chi connectivity index (χ3v) is 3.33. The first kappa shape index (κ1) is 16.2. The summed E-state index contributed by atoms with van der Waals surface area (Å²) >= 11 is 0. The summed E-state index contributed by atoms with van der Waals surface area (Å²) in [5.74, 6) is 0. The minimum Gasteiger partial charge on any atom is -0.383 e. The second kappa shape index (κ2) is 9.08. The first-order valence-electron chi connectivity index (χ1n) is 7.20. The summed E-state index contributed by atoms with van der Waals surface area (Å²) in [6, 6.07) is 11.6. The van der Waals surface area contributed by atoms with Crippen LogP contribution in [0.25, 0.3) is 0 Å². The van der Waals surface area contributed by atoms with Crippen molar-refractivity contribution in [3.63, 3.8) is 0 Å². The van der Waals surface area contributed by atoms with E-state index in [1.54, 1.807) is 7.11 Å². The van der Waals surface area contributed by atoms with Gasteiger partial charge in [-0.3, -0.25) is 4.90 Å². The van der Waals surface area contributed by atoms with Gasteiger partial charge < -0.3 is 10.1 Å². The van der Waals surface area contributed by atoms with E-state index >= 15 is 0 Å². The lowest BCUT2D eigenvalue weighted by molar-refractivity contribution is 0.121. The molecule has 0 bridgehead atoms. The van der Waals surface area contributed by atoms with Gasteiger partial charge in [0.1, 0.15) is 0 Å². The summed E-state index contributed by atoms with van der Waals surface area (Å²) in [6.45, 7) is 10.3. The molecule has 0 fully saturated rings. The number of nitrogens with zero attached hydrogens (tertiary/aromatic N) is 1. The van der Waals surface area contributed by atoms with E-state index in [9.17, 15) is 0 Å². The molecule has 19 heavy (non-hydrogen) atoms. The maximum absolute atomic E-state index is 5.22. The van der Waals surface area contributed by atoms with Crippen LogP contribution in [0, 0.1) is 0 Å². The number of nitrogens with one attached hydrogen (secondary N) is 1. The van der Waals surface area contributed by atoms with E-state index in [2.05, 4.69) is 61.3 Å². The summed E-state index contributed by atoms with van der Waals surface area (Å²) in [5.41, 5.74) is 1.37. The largest absolute Gasteiger partial charge is 0.383 e. The van der Waals surface area contributed by atoms with Crippen molar-refractivity contribution in [2.24, 2.45) is 0 Å². The molecule has 1 unspecified atom stereocenters. The van der Waals surface area contributed by atoms with Crippen molar-refractivity contribution in [2.75, 3.05) is 33.4 Å². The highest BCUT2D eigenvalue weighted by molar-refractivity contribution is 5.19. The monoisotopic (exact) mass is 264 g/mol. The Hall–Kier alpha value is -0.900. The lowest BCUT2D eigenvalue weighted by Crippen LogP contribution is -2.39. The third kappa shape index (κ3) is 5.72. The minimum absolute atomic E-state index is 0.406. The SMILES string of the molecule is CCN(CCOC)C(CNC(C)C)c1ccccc1. The fourth-order valence-corrected chi connectivity index (χ4v) is 2.22. The first-order valence-corrected chi connectivity index (χ1v) is 7.20. The molecular formula is C16H28N2O. The summed E-state index contributed by atoms with van der Waals surface area (Å²) in [7, 11) is 1.76. The summed E-state index contributed by atoms with van der Waals surface area (Å²) < 4.78 is 5.22. The molecular weight excluding hydrogens is 236 g/mol. The normalized spacial score (nSPS) is 13.2. The van der Waals surface area contributed by atoms with Crippen LogP contribution in [0.1, 0.15) is 32.4 Å². The number of rotatable bonds is 9. The second-order valence-electron chi connectivity index (χ2n) is 5.11. The number of hydrogen-bond acceptors (Lipinski definition) is 3. The average Bonchev–Trinajstić information content (AvgIpc) is 2.43. The third-order valence-electron chi connectivity index (χ3n) is 3.33. The molecule has 1 aromatic carbocycles. The van der Waals surface area contributed by atoms with Gasteiger partial charge >= 0.3 is 0 Å². The molecule has 0 aromatic heterocycles. The van der Waals surface area contributed by atoms with E-state index < -0.39 is 0 Å². The summed E-state index contributed by atoms with van der Waals surface area (Å²) in [6.07, 6.45) is 0. The van der Waals surface area contributed by atoms with Gasteiger partial charge in [0.05, 0.1) is 6.61 Å². The number of methoxy groups -OCH3 is 1. The van der Waals surface area contributed by atoms with Gasteiger partial charge in [-0.1, -0.05) is 51.1 Å². The minimum atomic E-state index is 0.406. The van der Waals surface area contributed by atoms with Crippen molar-refractivity contribution < 1.29 is 4.74 Å². The Labute approximate surface area is 118 Å². The Morgan fingerprint density at radius 2 is 1.89 bits per heavy atom. The second-order valence-corrected chi connectivity index (χ2v) is 5.11. The van der Waals surface area contributed by atoms with Crippen LogP contribution in [0.4, 0.5) is 0 Å². The van der Waals surface area contributed by atoms with E-state index in [1.165, 1.54) is 5.56 Å². The van der Waals surface area contributed by atoms with Crippen molar-refractivity contribution in [1.82, 2.24) is 10.2 Å². The Morgan fingerprint density at radius 1 is 1.21 bits per heavy atom. The van der Waals surface area contributed by atoms with Crippen LogP contribution in [0.5, 0.6) is 0 Å². The highest BCUT2D eigenvalue weighted by Crippen LogP contribution is 2.19. The highest BCUT2D eigenvalue weighted by atomic mass is 16.5. The number of benzene rings is 1. The Morgan fingerprint density at radius 3 is 2.42 bits per heavy atom. The van der Waals surface area contributed by atoms with Gasteiger partial charge in [-0.05, 0) is 12.1 Å². The number of hydrogen-bond donors (Lipinski definition) is 1. The lowest BCUT2D eigenvalue weighted by Gasteiger charge is -2.32. The maximum atomic E-state index is 5.22. The van der Waals surface area contributed by atoms with Gasteiger partial charge in [-0.15, -0.1) is 0 Å². The molecule has 1 aromatic rings. The average molecular weight is 264 g/mol. The number of likely N-dealkylation sites (N-methyl/N-ethyl adjacent to an activating group) is 1. The van der Waals surface area contributed by atoms with E-state index in [-0.39, 0.29) is 0 Å². The molecule has 1 atom stereocenters. The fraction of sp³-hybridized carbons (Fsp3) is 0.625. The summed E-state index contributed by atoms with van der Waals surface area (Å²) in [4.78, 5) is 2.47. The lowest BCUT2D eigenvalue weighted by atomic mass is 10.0. The molecule has 0 aliphatic carbocycles. The van der Waals surface area contributed by atoms with Gasteiger partial charge in [-0.2, -0.15) is 0 Å². The van der Waals surface area contributed by atoms with Crippen molar-refractivity contribution in [2.45, 2.75) is 32.9 Å². The molecule has 0 saturated carbocycles. The number of ether oxygens (including phenoxy) is 1. The fourth-order valence-electron chi connectivity index (χ4n) is 2.22. The molecule has 0 spiro atoms. The van der Waals surface area contributed by atoms with Crippen molar-refractivity contribution in [1.29, 1.82) is 0 Å². The molecule has 1 N–H and O–H groups in total. The Kier molecular flexibility index (Phi) is 7.72. The predicted octanol–water partition coefficient (Wildman–Crippen LogP) is 2.69. The standard InChI is InChI=1S/C16H28N2O/c1-5-18(11-12-19-4)16(13-17-14(2)3)15-9-7-6-8-10-15/h6-10,14,16-17H,5,11-13H2,1-4H3. The summed E-state index contributed by atoms with van der Waals surface area (Å²) in [5, 5.41) is 3.55. The van der Waals surface area contributed by atoms with E-state index in [1.807, 2.05) is 0 Å². The molecule has 0 aliphatic heterocycles. The van der Waals surface area contributed by atoms with Crippen molar-refractivity contribution >= 4 is 0 Å². The van der Waals surface area contributed by atoms with Crippen molar-refractivity contribution in [3.8, 4) is 0 Å². The van der Waals surface area contributed by atoms with Gasteiger partial charge in [0.15, 0.2) is 0 Å². The zero-order chi connectivity index (χ0) is 14.1. The Bertz CT molecular complexity index is 327. The molecule has 0 saturated heterocycles. The topological polar surface area (TPSA) is 24.5 Å². The quantitative estimate of drug-likeness (QED) is 0.742. The molecule has 0 amide bonds. The van der Waals surface area contributed by atoms with Crippen LogP contribution in [-0.2, 0) is 4.74 Å². The molecule has 3 heteroatoms. The van der Waals surface area contributed by atoms with Crippen LogP contribution in [0.2, 0.25) is 0 Å². The molecule has 108 valence electrons. The van der Waals surface area contributed by atoms with Crippen LogP contribution >= 0.6 is 0 Å². The van der Waals surface area contributed by atoms with Gasteiger partial charge in [0, 0.05) is 32.3 Å². The van der Waals surface area contributed by atoms with Crippen molar-refractivity contribution in [3.05, 3.63) is 35.9 Å². The van der Waals surface area contributed by atoms with Gasteiger partial charge in [-0.25, -0.2) is 0 Å². The van der Waals surface area contributed by atoms with Gasteiger partial charge in [0.25, 0.3) is 0 Å². The van der Waals surface area contributed by atoms with Crippen LogP contribution < -0.4 is 5.32 Å². The van der Waals surface area contributed by atoms with Crippen LogP contribution in [0.3, 0.4) is 0 Å². The zero-order valence-corrected chi connectivity index (χ0v) is 12.7. The van der Waals surface area contributed by atoms with E-state index in [0.717, 1.165) is 26.2 Å². The highest BCUT2D eigenvalue weighted by Gasteiger charge is 2.18. The molecule has 0 heterocycles. The predicted molar refractivity (Wildman–Crippen MR) is 81.4 cm³/mol. The van der Waals surface area contributed by atoms with Crippen LogP contribution in [-0.4, -0.2) is 44.3 Å². The molecule has 1 rings (SSSR count). The Balaban J connectivity index is 2.77. The first-order chi connectivity index (χ1) is 9.19.